The van der Waals surface area contributed by atoms with Crippen LogP contribution in [0.3, 0.4) is 0 Å². The molecule has 2 rings (SSSR count). The topological polar surface area (TPSA) is 58.2 Å². The number of benzene rings is 1. The number of halogens is 2. The molecule has 0 radical (unpaired) electrons. The molecule has 21 heavy (non-hydrogen) atoms. The normalized spacial score (nSPS) is 17.5. The van der Waals surface area contributed by atoms with Crippen molar-refractivity contribution in [3.05, 3.63) is 28.5 Å². The summed E-state index contributed by atoms with van der Waals surface area (Å²) in [6, 6.07) is 2.60. The summed E-state index contributed by atoms with van der Waals surface area (Å²) in [7, 11) is -2.26. The standard InChI is InChI=1S/C14H20ClFN2O2S/c1-3-14(5-4-6-14)18-21(19,20)12-8-11(15)7-10(9-17-2)13(12)16/h7-8,17-18H,3-6,9H2,1-2H3. The van der Waals surface area contributed by atoms with E-state index in [1.165, 1.54) is 12.1 Å². The van der Waals surface area contributed by atoms with E-state index in [9.17, 15) is 12.8 Å². The van der Waals surface area contributed by atoms with Crippen LogP contribution >= 0.6 is 11.6 Å². The van der Waals surface area contributed by atoms with Crippen molar-refractivity contribution >= 4 is 21.6 Å². The lowest BCUT2D eigenvalue weighted by Crippen LogP contribution is -2.52. The van der Waals surface area contributed by atoms with Crippen LogP contribution in [0, 0.1) is 5.82 Å². The zero-order chi connectivity index (χ0) is 15.7. The highest BCUT2D eigenvalue weighted by atomic mass is 35.5. The second kappa shape index (κ2) is 6.20. The molecule has 1 fully saturated rings. The van der Waals surface area contributed by atoms with E-state index in [0.29, 0.717) is 6.42 Å². The van der Waals surface area contributed by atoms with Crippen LogP contribution in [-0.4, -0.2) is 21.0 Å². The molecule has 0 saturated heterocycles. The van der Waals surface area contributed by atoms with Gasteiger partial charge in [0.2, 0.25) is 10.0 Å². The molecule has 0 bridgehead atoms. The first-order valence-electron chi connectivity index (χ1n) is 7.00. The van der Waals surface area contributed by atoms with Gasteiger partial charge in [-0.1, -0.05) is 18.5 Å². The maximum atomic E-state index is 14.4. The number of hydrogen-bond donors (Lipinski definition) is 2. The number of hydrogen-bond acceptors (Lipinski definition) is 3. The quantitative estimate of drug-likeness (QED) is 0.841. The van der Waals surface area contributed by atoms with Crippen molar-refractivity contribution in [1.29, 1.82) is 0 Å². The van der Waals surface area contributed by atoms with E-state index in [4.69, 9.17) is 11.6 Å². The minimum absolute atomic E-state index is 0.209. The van der Waals surface area contributed by atoms with E-state index < -0.39 is 21.4 Å². The minimum atomic E-state index is -3.92. The fourth-order valence-electron chi connectivity index (χ4n) is 2.60. The number of nitrogens with one attached hydrogen (secondary N) is 2. The number of sulfonamides is 1. The third kappa shape index (κ3) is 3.39. The smallest absolute Gasteiger partial charge is 0.244 e. The van der Waals surface area contributed by atoms with Gasteiger partial charge in [-0.3, -0.25) is 0 Å². The third-order valence-electron chi connectivity index (χ3n) is 4.07. The van der Waals surface area contributed by atoms with Gasteiger partial charge in [-0.05, 0) is 44.9 Å². The van der Waals surface area contributed by atoms with Crippen LogP contribution in [0.5, 0.6) is 0 Å². The van der Waals surface area contributed by atoms with Gasteiger partial charge in [-0.25, -0.2) is 17.5 Å². The predicted octanol–water partition coefficient (Wildman–Crippen LogP) is 2.81. The average molecular weight is 335 g/mol. The Kier molecular flexibility index (Phi) is 4.92. The summed E-state index contributed by atoms with van der Waals surface area (Å²) in [4.78, 5) is -0.375. The summed E-state index contributed by atoms with van der Waals surface area (Å²) in [6.45, 7) is 2.15. The van der Waals surface area contributed by atoms with Gasteiger partial charge in [0, 0.05) is 22.7 Å². The maximum absolute atomic E-state index is 14.4. The van der Waals surface area contributed by atoms with Gasteiger partial charge in [0.05, 0.1) is 0 Å². The summed E-state index contributed by atoms with van der Waals surface area (Å²) < 4.78 is 42.1. The van der Waals surface area contributed by atoms with Gasteiger partial charge in [-0.2, -0.15) is 0 Å². The van der Waals surface area contributed by atoms with E-state index in [-0.39, 0.29) is 22.0 Å². The molecule has 1 aliphatic rings. The highest BCUT2D eigenvalue weighted by molar-refractivity contribution is 7.89. The van der Waals surface area contributed by atoms with Crippen LogP contribution in [-0.2, 0) is 16.6 Å². The Morgan fingerprint density at radius 3 is 2.52 bits per heavy atom. The first-order chi connectivity index (χ1) is 9.83. The van der Waals surface area contributed by atoms with E-state index in [1.54, 1.807) is 7.05 Å². The summed E-state index contributed by atoms with van der Waals surface area (Å²) in [5.74, 6) is -0.744. The molecule has 0 amide bonds. The molecule has 0 aliphatic heterocycles. The van der Waals surface area contributed by atoms with Crippen LogP contribution in [0.25, 0.3) is 0 Å². The summed E-state index contributed by atoms with van der Waals surface area (Å²) in [5.41, 5.74) is -0.193. The van der Waals surface area contributed by atoms with Crippen LogP contribution in [0.1, 0.15) is 38.2 Å². The van der Waals surface area contributed by atoms with Crippen molar-refractivity contribution in [1.82, 2.24) is 10.0 Å². The molecule has 0 heterocycles. The molecule has 0 atom stereocenters. The average Bonchev–Trinajstić information content (AvgIpc) is 2.38. The SMILES string of the molecule is CCC1(NS(=O)(=O)c2cc(Cl)cc(CNC)c2F)CCC1. The molecule has 1 aromatic carbocycles. The van der Waals surface area contributed by atoms with E-state index in [0.717, 1.165) is 19.3 Å². The van der Waals surface area contributed by atoms with Gasteiger partial charge in [-0.15, -0.1) is 0 Å². The van der Waals surface area contributed by atoms with Gasteiger partial charge in [0.1, 0.15) is 10.7 Å². The molecule has 1 saturated carbocycles. The van der Waals surface area contributed by atoms with E-state index >= 15 is 0 Å². The zero-order valence-electron chi connectivity index (χ0n) is 12.2. The molecule has 0 unspecified atom stereocenters. The van der Waals surface area contributed by atoms with Crippen LogP contribution in [0.15, 0.2) is 17.0 Å². The van der Waals surface area contributed by atoms with Crippen molar-refractivity contribution in [2.75, 3.05) is 7.05 Å². The summed E-state index contributed by atoms with van der Waals surface area (Å²) >= 11 is 5.93. The molecule has 1 aliphatic carbocycles. The lowest BCUT2D eigenvalue weighted by atomic mass is 9.76. The van der Waals surface area contributed by atoms with Crippen LogP contribution in [0.2, 0.25) is 5.02 Å². The highest BCUT2D eigenvalue weighted by Crippen LogP contribution is 2.36. The Balaban J connectivity index is 2.40. The van der Waals surface area contributed by atoms with Crippen molar-refractivity contribution in [3.8, 4) is 0 Å². The Hall–Kier alpha value is -0.690. The summed E-state index contributed by atoms with van der Waals surface area (Å²) in [5, 5.41) is 3.01. The van der Waals surface area contributed by atoms with Crippen molar-refractivity contribution < 1.29 is 12.8 Å². The fourth-order valence-corrected chi connectivity index (χ4v) is 4.59. The number of rotatable bonds is 6. The molecule has 0 spiro atoms. The Labute approximate surface area is 130 Å². The van der Waals surface area contributed by atoms with Gasteiger partial charge in [0.15, 0.2) is 0 Å². The fraction of sp³-hybridized carbons (Fsp3) is 0.571. The second-order valence-corrected chi connectivity index (χ2v) is 7.59. The van der Waals surface area contributed by atoms with Crippen molar-refractivity contribution in [3.63, 3.8) is 0 Å². The minimum Gasteiger partial charge on any atom is -0.316 e. The Bertz CT molecular complexity index is 625. The third-order valence-corrected chi connectivity index (χ3v) is 5.87. The summed E-state index contributed by atoms with van der Waals surface area (Å²) in [6.07, 6.45) is 3.25. The largest absolute Gasteiger partial charge is 0.316 e. The van der Waals surface area contributed by atoms with Crippen LogP contribution in [0.4, 0.5) is 4.39 Å². The Morgan fingerprint density at radius 2 is 2.05 bits per heavy atom. The molecular weight excluding hydrogens is 315 g/mol. The van der Waals surface area contributed by atoms with Crippen molar-refractivity contribution in [2.24, 2.45) is 0 Å². The van der Waals surface area contributed by atoms with Gasteiger partial charge < -0.3 is 5.32 Å². The molecule has 0 aromatic heterocycles. The molecular formula is C14H20ClFN2O2S. The first kappa shape index (κ1) is 16.7. The molecule has 7 heteroatoms. The zero-order valence-corrected chi connectivity index (χ0v) is 13.7. The monoisotopic (exact) mass is 334 g/mol. The van der Waals surface area contributed by atoms with Gasteiger partial charge >= 0.3 is 0 Å². The van der Waals surface area contributed by atoms with Crippen molar-refractivity contribution in [2.45, 2.75) is 49.6 Å². The molecule has 2 N–H and O–H groups in total. The van der Waals surface area contributed by atoms with E-state index in [2.05, 4.69) is 10.0 Å². The maximum Gasteiger partial charge on any atom is 0.244 e. The predicted molar refractivity (Wildman–Crippen MR) is 81.4 cm³/mol. The molecule has 1 aromatic rings. The molecule has 118 valence electrons. The first-order valence-corrected chi connectivity index (χ1v) is 8.86. The molecule has 4 nitrogen and oxygen atoms in total. The second-order valence-electron chi connectivity index (χ2n) is 5.50. The van der Waals surface area contributed by atoms with E-state index in [1.807, 2.05) is 6.92 Å². The van der Waals surface area contributed by atoms with Gasteiger partial charge in [0.25, 0.3) is 0 Å². The van der Waals surface area contributed by atoms with Crippen LogP contribution < -0.4 is 10.0 Å². The highest BCUT2D eigenvalue weighted by Gasteiger charge is 2.40. The Morgan fingerprint density at radius 1 is 1.38 bits per heavy atom. The lowest BCUT2D eigenvalue weighted by molar-refractivity contribution is 0.213. The lowest BCUT2D eigenvalue weighted by Gasteiger charge is -2.41.